The van der Waals surface area contributed by atoms with Crippen molar-refractivity contribution in [3.05, 3.63) is 58.6 Å². The molecule has 1 heterocycles. The second kappa shape index (κ2) is 8.50. The Balaban J connectivity index is 1.49. The van der Waals surface area contributed by atoms with Crippen LogP contribution in [-0.2, 0) is 10.5 Å². The van der Waals surface area contributed by atoms with Gasteiger partial charge in [0, 0.05) is 10.8 Å². The van der Waals surface area contributed by atoms with Crippen LogP contribution in [0.1, 0.15) is 24.1 Å². The maximum absolute atomic E-state index is 12.2. The lowest BCUT2D eigenvalue weighted by molar-refractivity contribution is -0.119. The minimum absolute atomic E-state index is 0.00872. The van der Waals surface area contributed by atoms with Crippen LogP contribution in [-0.4, -0.2) is 24.9 Å². The molecule has 1 N–H and O–H groups in total. The first-order valence-corrected chi connectivity index (χ1v) is 9.66. The maximum atomic E-state index is 12.2. The Hall–Kier alpha value is -1.85. The summed E-state index contributed by atoms with van der Waals surface area (Å²) in [7, 11) is 0. The summed E-state index contributed by atoms with van der Waals surface area (Å²) in [6.45, 7) is 3.09. The van der Waals surface area contributed by atoms with Crippen molar-refractivity contribution in [3.63, 3.8) is 0 Å². The van der Waals surface area contributed by atoms with E-state index in [1.54, 1.807) is 11.8 Å². The standard InChI is InChI=1S/C19H20ClNO3S/c1-13(15-5-6-17-18(10-15)24-8-7-23-17)21-19(22)12-25-11-14-3-2-4-16(20)9-14/h2-6,9-10,13H,7-8,11-12H2,1H3,(H,21,22). The molecule has 2 aromatic carbocycles. The molecular weight excluding hydrogens is 358 g/mol. The predicted octanol–water partition coefficient (Wildman–Crippen LogP) is 4.22. The van der Waals surface area contributed by atoms with Crippen LogP contribution in [0.4, 0.5) is 0 Å². The number of nitrogens with one attached hydrogen (secondary N) is 1. The highest BCUT2D eigenvalue weighted by molar-refractivity contribution is 7.99. The maximum Gasteiger partial charge on any atom is 0.230 e. The van der Waals surface area contributed by atoms with Crippen molar-refractivity contribution in [2.75, 3.05) is 19.0 Å². The molecule has 4 nitrogen and oxygen atoms in total. The molecule has 2 aromatic rings. The lowest BCUT2D eigenvalue weighted by Gasteiger charge is -2.21. The van der Waals surface area contributed by atoms with Crippen molar-refractivity contribution >= 4 is 29.3 Å². The van der Waals surface area contributed by atoms with Crippen LogP contribution in [0.2, 0.25) is 5.02 Å². The van der Waals surface area contributed by atoms with Gasteiger partial charge in [-0.1, -0.05) is 29.8 Å². The normalized spacial score (nSPS) is 14.0. The van der Waals surface area contributed by atoms with Gasteiger partial charge in [-0.15, -0.1) is 11.8 Å². The average molecular weight is 378 g/mol. The number of thioether (sulfide) groups is 1. The summed E-state index contributed by atoms with van der Waals surface area (Å²) < 4.78 is 11.1. The molecule has 1 atom stereocenters. The summed E-state index contributed by atoms with van der Waals surface area (Å²) in [6, 6.07) is 13.4. The SMILES string of the molecule is CC(NC(=O)CSCc1cccc(Cl)c1)c1ccc2c(c1)OCCO2. The number of fused-ring (bicyclic) bond motifs is 1. The number of halogens is 1. The molecule has 25 heavy (non-hydrogen) atoms. The molecular formula is C19H20ClNO3S. The Labute approximate surface area is 156 Å². The molecule has 1 unspecified atom stereocenters. The number of hydrogen-bond donors (Lipinski definition) is 1. The predicted molar refractivity (Wildman–Crippen MR) is 102 cm³/mol. The third-order valence-corrected chi connectivity index (χ3v) is 5.07. The van der Waals surface area contributed by atoms with E-state index in [0.717, 1.165) is 33.4 Å². The number of hydrogen-bond acceptors (Lipinski definition) is 4. The number of carbonyl (C=O) groups excluding carboxylic acids is 1. The molecule has 1 amide bonds. The van der Waals surface area contributed by atoms with Gasteiger partial charge in [0.2, 0.25) is 5.91 Å². The molecule has 0 bridgehead atoms. The highest BCUT2D eigenvalue weighted by atomic mass is 35.5. The van der Waals surface area contributed by atoms with E-state index < -0.39 is 0 Å². The van der Waals surface area contributed by atoms with Crippen LogP contribution in [0.25, 0.3) is 0 Å². The highest BCUT2D eigenvalue weighted by Gasteiger charge is 2.15. The monoisotopic (exact) mass is 377 g/mol. The Morgan fingerprint density at radius 1 is 1.20 bits per heavy atom. The van der Waals surface area contributed by atoms with Crippen molar-refractivity contribution in [1.29, 1.82) is 0 Å². The lowest BCUT2D eigenvalue weighted by Crippen LogP contribution is -2.28. The van der Waals surface area contributed by atoms with Gasteiger partial charge in [0.25, 0.3) is 0 Å². The van der Waals surface area contributed by atoms with Crippen LogP contribution < -0.4 is 14.8 Å². The van der Waals surface area contributed by atoms with E-state index in [-0.39, 0.29) is 11.9 Å². The van der Waals surface area contributed by atoms with Crippen LogP contribution >= 0.6 is 23.4 Å². The van der Waals surface area contributed by atoms with E-state index in [4.69, 9.17) is 21.1 Å². The van der Waals surface area contributed by atoms with Gasteiger partial charge < -0.3 is 14.8 Å². The molecule has 0 spiro atoms. The van der Waals surface area contributed by atoms with Gasteiger partial charge in [-0.3, -0.25) is 4.79 Å². The quantitative estimate of drug-likeness (QED) is 0.818. The van der Waals surface area contributed by atoms with Gasteiger partial charge in [-0.05, 0) is 42.3 Å². The molecule has 0 radical (unpaired) electrons. The summed E-state index contributed by atoms with van der Waals surface area (Å²) >= 11 is 7.53. The zero-order valence-electron chi connectivity index (χ0n) is 14.0. The van der Waals surface area contributed by atoms with Gasteiger partial charge in [0.1, 0.15) is 13.2 Å². The fraction of sp³-hybridized carbons (Fsp3) is 0.316. The van der Waals surface area contributed by atoms with Crippen molar-refractivity contribution in [1.82, 2.24) is 5.32 Å². The molecule has 0 fully saturated rings. The van der Waals surface area contributed by atoms with Gasteiger partial charge in [-0.2, -0.15) is 0 Å². The zero-order valence-corrected chi connectivity index (χ0v) is 15.5. The summed E-state index contributed by atoms with van der Waals surface area (Å²) in [5.74, 6) is 2.66. The minimum Gasteiger partial charge on any atom is -0.486 e. The summed E-state index contributed by atoms with van der Waals surface area (Å²) in [5.41, 5.74) is 2.11. The average Bonchev–Trinajstić information content (AvgIpc) is 2.61. The number of amides is 1. The Kier molecular flexibility index (Phi) is 6.10. The van der Waals surface area contributed by atoms with E-state index in [1.165, 1.54) is 0 Å². The molecule has 0 aromatic heterocycles. The van der Waals surface area contributed by atoms with Crippen LogP contribution in [0.15, 0.2) is 42.5 Å². The van der Waals surface area contributed by atoms with E-state index in [0.29, 0.717) is 19.0 Å². The van der Waals surface area contributed by atoms with Gasteiger partial charge >= 0.3 is 0 Å². The summed E-state index contributed by atoms with van der Waals surface area (Å²) in [5, 5.41) is 3.74. The number of ether oxygens (including phenoxy) is 2. The third kappa shape index (κ3) is 5.06. The van der Waals surface area contributed by atoms with Crippen LogP contribution in [0.5, 0.6) is 11.5 Å². The molecule has 0 aliphatic carbocycles. The van der Waals surface area contributed by atoms with E-state index in [1.807, 2.05) is 49.4 Å². The fourth-order valence-electron chi connectivity index (χ4n) is 2.58. The highest BCUT2D eigenvalue weighted by Crippen LogP contribution is 2.32. The van der Waals surface area contributed by atoms with Gasteiger partial charge in [0.05, 0.1) is 11.8 Å². The molecule has 3 rings (SSSR count). The van der Waals surface area contributed by atoms with E-state index in [2.05, 4.69) is 5.32 Å². The van der Waals surface area contributed by atoms with Crippen molar-refractivity contribution in [2.24, 2.45) is 0 Å². The topological polar surface area (TPSA) is 47.6 Å². The third-order valence-electron chi connectivity index (χ3n) is 3.83. The minimum atomic E-state index is -0.0879. The second-order valence-corrected chi connectivity index (χ2v) is 7.24. The molecule has 6 heteroatoms. The van der Waals surface area contributed by atoms with Crippen LogP contribution in [0.3, 0.4) is 0 Å². The van der Waals surface area contributed by atoms with Crippen molar-refractivity contribution in [2.45, 2.75) is 18.7 Å². The van der Waals surface area contributed by atoms with Crippen LogP contribution in [0, 0.1) is 0 Å². The second-order valence-electron chi connectivity index (χ2n) is 5.82. The first-order chi connectivity index (χ1) is 12.1. The molecule has 132 valence electrons. The first kappa shape index (κ1) is 18.0. The van der Waals surface area contributed by atoms with Crippen molar-refractivity contribution in [3.8, 4) is 11.5 Å². The Morgan fingerprint density at radius 2 is 2.00 bits per heavy atom. The fourth-order valence-corrected chi connectivity index (χ4v) is 3.58. The molecule has 0 saturated carbocycles. The lowest BCUT2D eigenvalue weighted by atomic mass is 10.1. The largest absolute Gasteiger partial charge is 0.486 e. The van der Waals surface area contributed by atoms with E-state index >= 15 is 0 Å². The number of rotatable bonds is 6. The number of carbonyl (C=O) groups is 1. The van der Waals surface area contributed by atoms with Gasteiger partial charge in [0.15, 0.2) is 11.5 Å². The zero-order chi connectivity index (χ0) is 17.6. The Bertz CT molecular complexity index is 753. The molecule has 1 aliphatic rings. The van der Waals surface area contributed by atoms with Crippen molar-refractivity contribution < 1.29 is 14.3 Å². The van der Waals surface area contributed by atoms with E-state index in [9.17, 15) is 4.79 Å². The summed E-state index contributed by atoms with van der Waals surface area (Å²) in [6.07, 6.45) is 0. The smallest absolute Gasteiger partial charge is 0.230 e. The first-order valence-electron chi connectivity index (χ1n) is 8.13. The Morgan fingerprint density at radius 3 is 2.80 bits per heavy atom. The molecule has 1 aliphatic heterocycles. The summed E-state index contributed by atoms with van der Waals surface area (Å²) in [4.78, 5) is 12.2. The number of benzene rings is 2. The van der Waals surface area contributed by atoms with Gasteiger partial charge in [-0.25, -0.2) is 0 Å². The molecule has 0 saturated heterocycles.